The summed E-state index contributed by atoms with van der Waals surface area (Å²) in [4.78, 5) is 13.2. The summed E-state index contributed by atoms with van der Waals surface area (Å²) >= 11 is 0. The summed E-state index contributed by atoms with van der Waals surface area (Å²) in [5, 5.41) is 3.85. The van der Waals surface area contributed by atoms with Crippen LogP contribution in [0.5, 0.6) is 0 Å². The Morgan fingerprint density at radius 3 is 1.50 bits per heavy atom. The van der Waals surface area contributed by atoms with Crippen molar-refractivity contribution in [1.82, 2.24) is 0 Å². The number of ketones is 1. The van der Waals surface area contributed by atoms with Gasteiger partial charge in [-0.05, 0) is 48.7 Å². The second kappa shape index (κ2) is 9.80. The van der Waals surface area contributed by atoms with Crippen molar-refractivity contribution in [3.05, 3.63) is 91.0 Å². The van der Waals surface area contributed by atoms with E-state index >= 15 is 0 Å². The van der Waals surface area contributed by atoms with Crippen molar-refractivity contribution in [2.75, 3.05) is 6.16 Å². The van der Waals surface area contributed by atoms with E-state index in [1.54, 1.807) is 0 Å². The predicted molar refractivity (Wildman–Crippen MR) is 124 cm³/mol. The molecule has 0 aliphatic rings. The van der Waals surface area contributed by atoms with Gasteiger partial charge in [0.2, 0.25) is 0 Å². The third-order valence-corrected chi connectivity index (χ3v) is 9.98. The van der Waals surface area contributed by atoms with Crippen LogP contribution in [0.2, 0.25) is 0 Å². The smallest absolute Gasteiger partial charge is 0.171 e. The Hall–Kier alpha value is -2.24. The molecule has 1 atom stereocenters. The van der Waals surface area contributed by atoms with Gasteiger partial charge in [0.15, 0.2) is 5.78 Å². The normalized spacial score (nSPS) is 12.5. The van der Waals surface area contributed by atoms with Gasteiger partial charge in [-0.2, -0.15) is 0 Å². The second-order valence-corrected chi connectivity index (χ2v) is 11.1. The lowest BCUT2D eigenvalue weighted by Crippen LogP contribution is -2.35. The number of hydrogen-bond donors (Lipinski definition) is 0. The quantitative estimate of drug-likeness (QED) is 0.449. The number of benzene rings is 3. The van der Waals surface area contributed by atoms with Crippen molar-refractivity contribution < 1.29 is 4.79 Å². The number of carbonyl (C=O) groups excluding carboxylic acids is 1. The summed E-state index contributed by atoms with van der Waals surface area (Å²) < 4.78 is 0. The van der Waals surface area contributed by atoms with Gasteiger partial charge in [-0.15, -0.1) is 0 Å². The Bertz CT molecular complexity index is 762. The average Bonchev–Trinajstić information content (AvgIpc) is 2.77. The van der Waals surface area contributed by atoms with Crippen LogP contribution in [0.25, 0.3) is 0 Å². The molecule has 0 saturated heterocycles. The Labute approximate surface area is 170 Å². The molecular weight excluding hydrogens is 359 g/mol. The molecule has 3 aromatic rings. The van der Waals surface area contributed by atoms with E-state index in [1.165, 1.54) is 15.9 Å². The first-order valence-electron chi connectivity index (χ1n) is 10.2. The molecule has 0 aromatic heterocycles. The standard InChI is InChI=1S/C26H30OP/c1-3-22(2)19-20-23(27)21-28(24-13-7-4-8-14-24,25-15-9-5-10-16-25)26-17-11-6-12-18-26/h4-18,22H,3,19-21H2,1-2H3/q+1. The van der Waals surface area contributed by atoms with Crippen molar-refractivity contribution >= 4 is 29.0 Å². The Morgan fingerprint density at radius 2 is 1.14 bits per heavy atom. The third-order valence-electron chi connectivity index (χ3n) is 5.62. The fraction of sp³-hybridized carbons (Fsp3) is 0.269. The lowest BCUT2D eigenvalue weighted by Gasteiger charge is -2.27. The van der Waals surface area contributed by atoms with Crippen molar-refractivity contribution in [3.8, 4) is 0 Å². The molecule has 0 aliphatic heterocycles. The highest BCUT2D eigenvalue weighted by atomic mass is 31.2. The van der Waals surface area contributed by atoms with Gasteiger partial charge in [0.1, 0.15) is 29.3 Å². The minimum Gasteiger partial charge on any atom is -0.296 e. The van der Waals surface area contributed by atoms with Crippen LogP contribution in [0, 0.1) is 5.92 Å². The summed E-state index contributed by atoms with van der Waals surface area (Å²) in [6.07, 6.45) is 3.38. The molecule has 1 nitrogen and oxygen atoms in total. The molecule has 2 heteroatoms. The number of rotatable bonds is 9. The van der Waals surface area contributed by atoms with Crippen LogP contribution in [0.3, 0.4) is 0 Å². The highest BCUT2D eigenvalue weighted by Gasteiger charge is 2.46. The molecule has 0 N–H and O–H groups in total. The van der Waals surface area contributed by atoms with E-state index in [9.17, 15) is 4.79 Å². The van der Waals surface area contributed by atoms with Crippen molar-refractivity contribution in [3.63, 3.8) is 0 Å². The minimum atomic E-state index is -2.03. The summed E-state index contributed by atoms with van der Waals surface area (Å²) in [7, 11) is -2.03. The zero-order valence-electron chi connectivity index (χ0n) is 16.9. The molecule has 0 spiro atoms. The van der Waals surface area contributed by atoms with Gasteiger partial charge in [-0.1, -0.05) is 74.9 Å². The van der Waals surface area contributed by atoms with Gasteiger partial charge in [0, 0.05) is 6.42 Å². The largest absolute Gasteiger partial charge is 0.296 e. The van der Waals surface area contributed by atoms with E-state index in [4.69, 9.17) is 0 Å². The topological polar surface area (TPSA) is 17.1 Å². The molecule has 0 fully saturated rings. The van der Waals surface area contributed by atoms with Crippen molar-refractivity contribution in [1.29, 1.82) is 0 Å². The Morgan fingerprint density at radius 1 is 0.750 bits per heavy atom. The fourth-order valence-electron chi connectivity index (χ4n) is 3.72. The molecule has 3 aromatic carbocycles. The van der Waals surface area contributed by atoms with Gasteiger partial charge >= 0.3 is 0 Å². The molecule has 28 heavy (non-hydrogen) atoms. The molecule has 0 amide bonds. The van der Waals surface area contributed by atoms with Gasteiger partial charge < -0.3 is 0 Å². The molecule has 0 heterocycles. The molecule has 0 radical (unpaired) electrons. The van der Waals surface area contributed by atoms with Gasteiger partial charge in [0.25, 0.3) is 0 Å². The summed E-state index contributed by atoms with van der Waals surface area (Å²) in [6.45, 7) is 4.44. The van der Waals surface area contributed by atoms with Gasteiger partial charge in [-0.3, -0.25) is 4.79 Å². The second-order valence-electron chi connectivity index (χ2n) is 7.57. The first-order chi connectivity index (χ1) is 13.7. The van der Waals surface area contributed by atoms with E-state index in [0.717, 1.165) is 12.8 Å². The summed E-state index contributed by atoms with van der Waals surface area (Å²) in [6, 6.07) is 32.0. The lowest BCUT2D eigenvalue weighted by atomic mass is 10.0. The van der Waals surface area contributed by atoms with Crippen LogP contribution >= 0.6 is 7.26 Å². The Kier molecular flexibility index (Phi) is 7.18. The fourth-order valence-corrected chi connectivity index (χ4v) is 7.90. The number of Topliss-reactive ketones (excluding diaryl/α,β-unsaturated/α-hetero) is 1. The van der Waals surface area contributed by atoms with E-state index in [0.29, 0.717) is 24.3 Å². The molecule has 3 rings (SSSR count). The van der Waals surface area contributed by atoms with E-state index in [2.05, 4.69) is 105 Å². The van der Waals surface area contributed by atoms with Crippen LogP contribution < -0.4 is 15.9 Å². The predicted octanol–water partition coefficient (Wildman–Crippen LogP) is 5.38. The highest BCUT2D eigenvalue weighted by molar-refractivity contribution is 7.96. The molecular formula is C26H30OP+. The lowest BCUT2D eigenvalue weighted by molar-refractivity contribution is -0.116. The molecule has 0 saturated carbocycles. The first kappa shape index (κ1) is 20.5. The van der Waals surface area contributed by atoms with Crippen LogP contribution in [-0.2, 0) is 4.79 Å². The van der Waals surface area contributed by atoms with Crippen LogP contribution in [0.4, 0.5) is 0 Å². The molecule has 0 bridgehead atoms. The first-order valence-corrected chi connectivity index (χ1v) is 12.2. The summed E-state index contributed by atoms with van der Waals surface area (Å²) in [5.74, 6) is 0.979. The maximum Gasteiger partial charge on any atom is 0.171 e. The third kappa shape index (κ3) is 4.59. The molecule has 144 valence electrons. The minimum absolute atomic E-state index is 0.380. The highest BCUT2D eigenvalue weighted by Crippen LogP contribution is 2.55. The average molecular weight is 389 g/mol. The Balaban J connectivity index is 2.10. The monoisotopic (exact) mass is 389 g/mol. The number of carbonyl (C=O) groups is 1. The zero-order valence-corrected chi connectivity index (χ0v) is 17.8. The van der Waals surface area contributed by atoms with Crippen LogP contribution in [0.15, 0.2) is 91.0 Å². The van der Waals surface area contributed by atoms with Crippen molar-refractivity contribution in [2.45, 2.75) is 33.1 Å². The molecule has 1 unspecified atom stereocenters. The van der Waals surface area contributed by atoms with E-state index in [-0.39, 0.29) is 0 Å². The van der Waals surface area contributed by atoms with E-state index in [1.807, 2.05) is 0 Å². The van der Waals surface area contributed by atoms with Gasteiger partial charge in [-0.25, -0.2) is 0 Å². The van der Waals surface area contributed by atoms with Gasteiger partial charge in [0.05, 0.1) is 0 Å². The molecule has 0 aliphatic carbocycles. The maximum absolute atomic E-state index is 13.2. The van der Waals surface area contributed by atoms with E-state index < -0.39 is 7.26 Å². The number of hydrogen-bond acceptors (Lipinski definition) is 1. The maximum atomic E-state index is 13.2. The zero-order chi connectivity index (χ0) is 19.8. The summed E-state index contributed by atoms with van der Waals surface area (Å²) in [5.41, 5.74) is 0. The van der Waals surface area contributed by atoms with Crippen LogP contribution in [-0.4, -0.2) is 11.9 Å². The SMILES string of the molecule is CCC(C)CCC(=O)C[P+](c1ccccc1)(c1ccccc1)c1ccccc1. The van der Waals surface area contributed by atoms with Crippen molar-refractivity contribution in [2.24, 2.45) is 5.92 Å². The van der Waals surface area contributed by atoms with Crippen LogP contribution in [0.1, 0.15) is 33.1 Å².